The molecule has 10 heavy (non-hydrogen) atoms. The molecule has 0 aromatic heterocycles. The molecule has 0 aliphatic carbocycles. The van der Waals surface area contributed by atoms with E-state index in [1.54, 1.807) is 13.8 Å². The zero-order valence-corrected chi connectivity index (χ0v) is 7.02. The Morgan fingerprint density at radius 1 is 1.70 bits per heavy atom. The zero-order valence-electron chi connectivity index (χ0n) is 6.20. The predicted octanol–water partition coefficient (Wildman–Crippen LogP) is 1.97. The van der Waals surface area contributed by atoms with Gasteiger partial charge >= 0.3 is 5.97 Å². The van der Waals surface area contributed by atoms with E-state index in [4.69, 9.17) is 5.11 Å². The Labute approximate surface area is 65.3 Å². The summed E-state index contributed by atoms with van der Waals surface area (Å²) in [5.74, 6) is 0.264. The Morgan fingerprint density at radius 2 is 1.90 bits per heavy atom. The fourth-order valence-corrected chi connectivity index (χ4v) is 0.289. The first kappa shape index (κ1) is 9.56. The molecule has 1 rings (SSSR count). The van der Waals surface area contributed by atoms with Crippen molar-refractivity contribution in [3.63, 3.8) is 0 Å². The van der Waals surface area contributed by atoms with Crippen molar-refractivity contribution in [3.05, 3.63) is 11.5 Å². The summed E-state index contributed by atoms with van der Waals surface area (Å²) in [5.41, 5.74) is 0. The fraction of sp³-hybridized carbons (Fsp3) is 0.571. The van der Waals surface area contributed by atoms with Crippen LogP contribution in [0.4, 0.5) is 0 Å². The summed E-state index contributed by atoms with van der Waals surface area (Å²) < 4.78 is 0. The Balaban J connectivity index is 0.000000172. The van der Waals surface area contributed by atoms with Crippen LogP contribution in [0.1, 0.15) is 13.8 Å². The van der Waals surface area contributed by atoms with Crippen LogP contribution in [0.15, 0.2) is 11.5 Å². The van der Waals surface area contributed by atoms with Gasteiger partial charge in [-0.25, -0.2) is 0 Å². The largest absolute Gasteiger partial charge is 0.481 e. The van der Waals surface area contributed by atoms with E-state index in [1.165, 1.54) is 5.75 Å². The molecule has 0 unspecified atom stereocenters. The molecular formula is C7H12O2S. The van der Waals surface area contributed by atoms with Crippen LogP contribution in [0.2, 0.25) is 0 Å². The minimum Gasteiger partial charge on any atom is -0.481 e. The van der Waals surface area contributed by atoms with E-state index in [0.717, 1.165) is 0 Å². The molecule has 3 heteroatoms. The molecule has 0 saturated heterocycles. The third-order valence-corrected chi connectivity index (χ3v) is 1.65. The van der Waals surface area contributed by atoms with Gasteiger partial charge in [0.05, 0.1) is 5.92 Å². The van der Waals surface area contributed by atoms with E-state index in [-0.39, 0.29) is 5.92 Å². The maximum Gasteiger partial charge on any atom is 0.305 e. The number of carboxylic acid groups (broad SMARTS) is 1. The van der Waals surface area contributed by atoms with Crippen molar-refractivity contribution in [2.75, 3.05) is 5.75 Å². The van der Waals surface area contributed by atoms with Gasteiger partial charge in [0.15, 0.2) is 0 Å². The van der Waals surface area contributed by atoms with Gasteiger partial charge < -0.3 is 5.11 Å². The lowest BCUT2D eigenvalue weighted by Crippen LogP contribution is -2.03. The zero-order chi connectivity index (χ0) is 7.98. The van der Waals surface area contributed by atoms with E-state index in [2.05, 4.69) is 11.5 Å². The molecule has 1 aliphatic rings. The second kappa shape index (κ2) is 5.35. The first-order valence-electron chi connectivity index (χ1n) is 3.14. The van der Waals surface area contributed by atoms with Crippen molar-refractivity contribution in [2.45, 2.75) is 13.8 Å². The molecule has 1 heterocycles. The summed E-state index contributed by atoms with van der Waals surface area (Å²) in [5, 5.41) is 10.1. The molecule has 1 N–H and O–H groups in total. The van der Waals surface area contributed by atoms with Crippen LogP contribution in [-0.2, 0) is 4.79 Å². The number of carboxylic acids is 1. The van der Waals surface area contributed by atoms with Gasteiger partial charge in [-0.1, -0.05) is 19.9 Å². The highest BCUT2D eigenvalue weighted by Crippen LogP contribution is 2.10. The van der Waals surface area contributed by atoms with Crippen molar-refractivity contribution in [1.82, 2.24) is 0 Å². The van der Waals surface area contributed by atoms with Crippen molar-refractivity contribution < 1.29 is 9.90 Å². The summed E-state index contributed by atoms with van der Waals surface area (Å²) in [6, 6.07) is 0. The first-order chi connectivity index (χ1) is 4.64. The Bertz CT molecular complexity index is 124. The topological polar surface area (TPSA) is 37.3 Å². The van der Waals surface area contributed by atoms with Crippen molar-refractivity contribution in [1.29, 1.82) is 0 Å². The third kappa shape index (κ3) is 5.69. The second-order valence-electron chi connectivity index (χ2n) is 2.20. The molecule has 2 nitrogen and oxygen atoms in total. The predicted molar refractivity (Wildman–Crippen MR) is 44.1 cm³/mol. The van der Waals surface area contributed by atoms with Gasteiger partial charge in [0.1, 0.15) is 0 Å². The van der Waals surface area contributed by atoms with E-state index < -0.39 is 5.97 Å². The smallest absolute Gasteiger partial charge is 0.305 e. The summed E-state index contributed by atoms with van der Waals surface area (Å²) in [6.45, 7) is 3.28. The van der Waals surface area contributed by atoms with Gasteiger partial charge in [-0.15, -0.1) is 11.8 Å². The van der Waals surface area contributed by atoms with Crippen LogP contribution >= 0.6 is 11.8 Å². The van der Waals surface area contributed by atoms with Crippen molar-refractivity contribution >= 4 is 17.7 Å². The van der Waals surface area contributed by atoms with Crippen LogP contribution < -0.4 is 0 Å². The van der Waals surface area contributed by atoms with Gasteiger partial charge in [0.2, 0.25) is 0 Å². The van der Waals surface area contributed by atoms with Crippen molar-refractivity contribution in [3.8, 4) is 0 Å². The lowest BCUT2D eigenvalue weighted by atomic mass is 10.2. The minimum atomic E-state index is -0.741. The van der Waals surface area contributed by atoms with Gasteiger partial charge in [-0.3, -0.25) is 4.79 Å². The molecule has 0 fully saturated rings. The second-order valence-corrected chi connectivity index (χ2v) is 3.14. The first-order valence-corrected chi connectivity index (χ1v) is 4.19. The third-order valence-electron chi connectivity index (χ3n) is 0.879. The number of hydrogen-bond acceptors (Lipinski definition) is 2. The fourth-order valence-electron chi connectivity index (χ4n) is 0.0962. The Morgan fingerprint density at radius 3 is 1.90 bits per heavy atom. The van der Waals surface area contributed by atoms with E-state index in [1.807, 2.05) is 11.8 Å². The SMILES string of the molecule is C1=CSC1.CC(C)C(=O)O. The van der Waals surface area contributed by atoms with E-state index in [9.17, 15) is 4.79 Å². The lowest BCUT2D eigenvalue weighted by molar-refractivity contribution is -0.140. The van der Waals surface area contributed by atoms with Gasteiger partial charge in [-0.05, 0) is 5.41 Å². The van der Waals surface area contributed by atoms with Crippen LogP contribution in [0.25, 0.3) is 0 Å². The normalized spacial score (nSPS) is 13.5. The number of aliphatic carboxylic acids is 1. The molecule has 1 aliphatic heterocycles. The van der Waals surface area contributed by atoms with E-state index in [0.29, 0.717) is 0 Å². The molecule has 0 radical (unpaired) electrons. The van der Waals surface area contributed by atoms with E-state index >= 15 is 0 Å². The maximum absolute atomic E-state index is 9.70. The standard InChI is InChI=1S/C4H8O2.C3H4S/c1-3(2)4(5)6;1-2-4-3-1/h3H,1-2H3,(H,5,6);1-2H,3H2. The highest BCUT2D eigenvalue weighted by Gasteiger charge is 1.99. The molecule has 0 spiro atoms. The Kier molecular flexibility index (Phi) is 5.12. The Hall–Kier alpha value is -0.440. The van der Waals surface area contributed by atoms with Gasteiger partial charge in [0.25, 0.3) is 0 Å². The molecule has 58 valence electrons. The van der Waals surface area contributed by atoms with Gasteiger partial charge in [0, 0.05) is 5.75 Å². The molecule has 0 bridgehead atoms. The number of thioether (sulfide) groups is 1. The molecular weight excluding hydrogens is 148 g/mol. The van der Waals surface area contributed by atoms with Crippen molar-refractivity contribution in [2.24, 2.45) is 5.92 Å². The highest BCUT2D eigenvalue weighted by molar-refractivity contribution is 8.03. The van der Waals surface area contributed by atoms with Crippen LogP contribution in [-0.4, -0.2) is 16.8 Å². The monoisotopic (exact) mass is 160 g/mol. The number of rotatable bonds is 1. The summed E-state index contributed by atoms with van der Waals surface area (Å²) in [4.78, 5) is 9.70. The molecule has 0 atom stereocenters. The number of hydrogen-bond donors (Lipinski definition) is 1. The summed E-state index contributed by atoms with van der Waals surface area (Å²) in [6.07, 6.45) is 2.14. The summed E-state index contributed by atoms with van der Waals surface area (Å²) >= 11 is 1.86. The average Bonchev–Trinajstić information content (AvgIpc) is 1.59. The highest BCUT2D eigenvalue weighted by atomic mass is 32.2. The maximum atomic E-state index is 9.70. The molecule has 0 aromatic carbocycles. The van der Waals surface area contributed by atoms with Crippen LogP contribution in [0.5, 0.6) is 0 Å². The van der Waals surface area contributed by atoms with Gasteiger partial charge in [-0.2, -0.15) is 0 Å². The average molecular weight is 160 g/mol. The van der Waals surface area contributed by atoms with Crippen LogP contribution in [0, 0.1) is 5.92 Å². The number of carbonyl (C=O) groups is 1. The molecule has 0 saturated carbocycles. The molecule has 0 aromatic rings. The summed E-state index contributed by atoms with van der Waals surface area (Å²) in [7, 11) is 0. The quantitative estimate of drug-likeness (QED) is 0.637. The van der Waals surface area contributed by atoms with Crippen LogP contribution in [0.3, 0.4) is 0 Å². The lowest BCUT2D eigenvalue weighted by Gasteiger charge is -1.92. The minimum absolute atomic E-state index is 0.231. The molecule has 0 amide bonds.